The molecule has 8 heteroatoms. The van der Waals surface area contributed by atoms with E-state index in [1.165, 1.54) is 18.4 Å². The molecule has 0 atom stereocenters. The molecule has 0 saturated carbocycles. The Balaban J connectivity index is 1.74. The van der Waals surface area contributed by atoms with E-state index in [4.69, 9.17) is 4.99 Å². The predicted octanol–water partition coefficient (Wildman–Crippen LogP) is 2.07. The fourth-order valence-corrected chi connectivity index (χ4v) is 3.59. The molecule has 27 heavy (non-hydrogen) atoms. The lowest BCUT2D eigenvalue weighted by Crippen LogP contribution is -2.38. The molecule has 8 nitrogen and oxygen atoms in total. The van der Waals surface area contributed by atoms with Crippen LogP contribution in [0.2, 0.25) is 0 Å². The molecule has 0 fully saturated rings. The molecule has 1 aliphatic heterocycles. The fourth-order valence-electron chi connectivity index (χ4n) is 3.59. The van der Waals surface area contributed by atoms with E-state index >= 15 is 0 Å². The Labute approximate surface area is 161 Å². The summed E-state index contributed by atoms with van der Waals surface area (Å²) in [5.41, 5.74) is 2.38. The van der Waals surface area contributed by atoms with Gasteiger partial charge in [0.1, 0.15) is 12.4 Å². The van der Waals surface area contributed by atoms with Gasteiger partial charge in [0.15, 0.2) is 11.8 Å². The Morgan fingerprint density at radius 2 is 2.15 bits per heavy atom. The third kappa shape index (κ3) is 4.48. The maximum Gasteiger partial charge on any atom is 0.194 e. The van der Waals surface area contributed by atoms with Crippen molar-refractivity contribution in [1.29, 1.82) is 0 Å². The number of aliphatic imine (C=N–C) groups is 1. The predicted molar refractivity (Wildman–Crippen MR) is 107 cm³/mol. The molecule has 3 heterocycles. The van der Waals surface area contributed by atoms with Gasteiger partial charge in [0.25, 0.3) is 0 Å². The van der Waals surface area contributed by atoms with Crippen molar-refractivity contribution in [2.75, 3.05) is 13.6 Å². The minimum Gasteiger partial charge on any atom is -0.357 e. The molecule has 1 aliphatic rings. The molecule has 0 saturated heterocycles. The molecule has 0 radical (unpaired) electrons. The molecule has 2 aromatic heterocycles. The maximum absolute atomic E-state index is 4.82. The summed E-state index contributed by atoms with van der Waals surface area (Å²) in [6.45, 7) is 9.60. The second-order valence-corrected chi connectivity index (χ2v) is 7.54. The summed E-state index contributed by atoms with van der Waals surface area (Å²) >= 11 is 0. The van der Waals surface area contributed by atoms with Crippen LogP contribution >= 0.6 is 0 Å². The van der Waals surface area contributed by atoms with Crippen molar-refractivity contribution in [3.8, 4) is 0 Å². The molecule has 3 rings (SSSR count). The van der Waals surface area contributed by atoms with Crippen LogP contribution in [0.1, 0.15) is 62.4 Å². The van der Waals surface area contributed by atoms with Gasteiger partial charge in [0, 0.05) is 51.9 Å². The Bertz CT molecular complexity index is 786. The number of nitrogens with one attached hydrogen (secondary N) is 1. The largest absolute Gasteiger partial charge is 0.357 e. The highest BCUT2D eigenvalue weighted by atomic mass is 15.3. The molecule has 0 amide bonds. The highest BCUT2D eigenvalue weighted by Gasteiger charge is 2.17. The standard InChI is InChI=1S/C19H32N8/c1-6-20-19(21-11-17-23-22-16-9-7-8-10-27(16)17)25(4)12-15-13-26(5)24-18(15)14(2)3/h13-14H,6-12H2,1-5H3,(H,20,21). The third-order valence-electron chi connectivity index (χ3n) is 4.89. The summed E-state index contributed by atoms with van der Waals surface area (Å²) in [5.74, 6) is 3.33. The fraction of sp³-hybridized carbons (Fsp3) is 0.684. The molecular weight excluding hydrogens is 340 g/mol. The zero-order valence-electron chi connectivity index (χ0n) is 17.2. The minimum absolute atomic E-state index is 0.400. The molecule has 0 aromatic carbocycles. The van der Waals surface area contributed by atoms with Gasteiger partial charge in [-0.1, -0.05) is 13.8 Å². The highest BCUT2D eigenvalue weighted by Crippen LogP contribution is 2.19. The van der Waals surface area contributed by atoms with Gasteiger partial charge >= 0.3 is 0 Å². The van der Waals surface area contributed by atoms with Crippen LogP contribution in [-0.4, -0.2) is 49.0 Å². The zero-order chi connectivity index (χ0) is 19.4. The Kier molecular flexibility index (Phi) is 6.13. The highest BCUT2D eigenvalue weighted by molar-refractivity contribution is 5.79. The first-order valence-corrected chi connectivity index (χ1v) is 9.92. The van der Waals surface area contributed by atoms with E-state index in [9.17, 15) is 0 Å². The lowest BCUT2D eigenvalue weighted by molar-refractivity contribution is 0.471. The molecule has 0 unspecified atom stereocenters. The Morgan fingerprint density at radius 3 is 2.89 bits per heavy atom. The number of hydrogen-bond acceptors (Lipinski definition) is 4. The number of rotatable bonds is 6. The monoisotopic (exact) mass is 372 g/mol. The van der Waals surface area contributed by atoms with Crippen LogP contribution in [0.4, 0.5) is 0 Å². The Morgan fingerprint density at radius 1 is 1.33 bits per heavy atom. The quantitative estimate of drug-likeness (QED) is 0.620. The van der Waals surface area contributed by atoms with E-state index in [1.807, 2.05) is 11.7 Å². The first-order valence-electron chi connectivity index (χ1n) is 9.92. The molecule has 2 aromatic rings. The molecule has 148 valence electrons. The second kappa shape index (κ2) is 8.54. The van der Waals surface area contributed by atoms with Crippen molar-refractivity contribution in [1.82, 2.24) is 34.8 Å². The van der Waals surface area contributed by atoms with Gasteiger partial charge in [0.05, 0.1) is 5.69 Å². The van der Waals surface area contributed by atoms with E-state index in [1.54, 1.807) is 0 Å². The molecule has 0 aliphatic carbocycles. The number of guanidine groups is 1. The number of fused-ring (bicyclic) bond motifs is 1. The normalized spacial score (nSPS) is 14.5. The average molecular weight is 373 g/mol. The van der Waals surface area contributed by atoms with E-state index in [2.05, 4.69) is 64.1 Å². The van der Waals surface area contributed by atoms with Crippen LogP contribution in [0.15, 0.2) is 11.2 Å². The summed E-state index contributed by atoms with van der Waals surface area (Å²) < 4.78 is 4.12. The van der Waals surface area contributed by atoms with E-state index in [0.717, 1.165) is 49.4 Å². The van der Waals surface area contributed by atoms with E-state index in [0.29, 0.717) is 12.5 Å². The number of hydrogen-bond donors (Lipinski definition) is 1. The van der Waals surface area contributed by atoms with Gasteiger partial charge in [-0.2, -0.15) is 5.10 Å². The topological polar surface area (TPSA) is 76.2 Å². The zero-order valence-corrected chi connectivity index (χ0v) is 17.2. The van der Waals surface area contributed by atoms with Crippen LogP contribution in [0, 0.1) is 0 Å². The first-order chi connectivity index (χ1) is 13.0. The van der Waals surface area contributed by atoms with Gasteiger partial charge in [-0.15, -0.1) is 10.2 Å². The lowest BCUT2D eigenvalue weighted by Gasteiger charge is -2.22. The van der Waals surface area contributed by atoms with Crippen molar-refractivity contribution < 1.29 is 0 Å². The van der Waals surface area contributed by atoms with Gasteiger partial charge in [-0.05, 0) is 25.7 Å². The van der Waals surface area contributed by atoms with Crippen molar-refractivity contribution in [3.63, 3.8) is 0 Å². The average Bonchev–Trinajstić information content (AvgIpc) is 3.22. The van der Waals surface area contributed by atoms with Crippen LogP contribution in [0.25, 0.3) is 0 Å². The van der Waals surface area contributed by atoms with Crippen LogP contribution < -0.4 is 5.32 Å². The summed E-state index contributed by atoms with van der Waals surface area (Å²) in [5, 5.41) is 16.7. The Hall–Kier alpha value is -2.38. The summed E-state index contributed by atoms with van der Waals surface area (Å²) in [6.07, 6.45) is 5.52. The van der Waals surface area contributed by atoms with Crippen LogP contribution in [0.5, 0.6) is 0 Å². The van der Waals surface area contributed by atoms with Crippen molar-refractivity contribution in [3.05, 3.63) is 29.1 Å². The van der Waals surface area contributed by atoms with Crippen LogP contribution in [-0.2, 0) is 33.1 Å². The summed E-state index contributed by atoms with van der Waals surface area (Å²) in [6, 6.07) is 0. The number of aryl methyl sites for hydroxylation is 2. The molecular formula is C19H32N8. The summed E-state index contributed by atoms with van der Waals surface area (Å²) in [7, 11) is 4.04. The van der Waals surface area contributed by atoms with Gasteiger partial charge in [-0.3, -0.25) is 4.68 Å². The SMILES string of the molecule is CCNC(=NCc1nnc2n1CCCC2)N(C)Cc1cn(C)nc1C(C)C. The third-order valence-corrected chi connectivity index (χ3v) is 4.89. The second-order valence-electron chi connectivity index (χ2n) is 7.54. The number of aromatic nitrogens is 5. The van der Waals surface area contributed by atoms with Crippen molar-refractivity contribution in [2.24, 2.45) is 12.0 Å². The minimum atomic E-state index is 0.400. The number of nitrogens with zero attached hydrogens (tertiary/aromatic N) is 7. The lowest BCUT2D eigenvalue weighted by atomic mass is 10.1. The van der Waals surface area contributed by atoms with Crippen molar-refractivity contribution in [2.45, 2.75) is 65.6 Å². The first kappa shape index (κ1) is 19.4. The molecule has 1 N–H and O–H groups in total. The van der Waals surface area contributed by atoms with E-state index in [-0.39, 0.29) is 0 Å². The van der Waals surface area contributed by atoms with E-state index < -0.39 is 0 Å². The smallest absolute Gasteiger partial charge is 0.194 e. The van der Waals surface area contributed by atoms with Crippen LogP contribution in [0.3, 0.4) is 0 Å². The van der Waals surface area contributed by atoms with Crippen molar-refractivity contribution >= 4 is 5.96 Å². The summed E-state index contributed by atoms with van der Waals surface area (Å²) in [4.78, 5) is 6.98. The molecule has 0 spiro atoms. The van der Waals surface area contributed by atoms with Gasteiger partial charge in [0.2, 0.25) is 0 Å². The van der Waals surface area contributed by atoms with Gasteiger partial charge < -0.3 is 14.8 Å². The molecule has 0 bridgehead atoms. The van der Waals surface area contributed by atoms with Gasteiger partial charge in [-0.25, -0.2) is 4.99 Å². The maximum atomic E-state index is 4.82.